The Hall–Kier alpha value is -1.96. The van der Waals surface area contributed by atoms with Crippen LogP contribution < -0.4 is 11.1 Å². The molecule has 19 heavy (non-hydrogen) atoms. The molecule has 1 amide bonds. The number of hydrogen-bond donors (Lipinski definition) is 2. The van der Waals surface area contributed by atoms with Gasteiger partial charge in [-0.15, -0.1) is 0 Å². The van der Waals surface area contributed by atoms with Crippen LogP contribution in [0, 0.1) is 25.2 Å². The number of amides is 1. The van der Waals surface area contributed by atoms with E-state index in [0.29, 0.717) is 24.3 Å². The molecule has 1 aromatic heterocycles. The summed E-state index contributed by atoms with van der Waals surface area (Å²) in [6, 6.07) is 2.10. The first-order valence-electron chi connectivity index (χ1n) is 6.33. The molecule has 0 aliphatic carbocycles. The number of anilines is 1. The molecule has 0 radical (unpaired) electrons. The number of carbonyl (C=O) groups excluding carboxylic acids is 1. The van der Waals surface area contributed by atoms with Gasteiger partial charge in [-0.3, -0.25) is 4.79 Å². The zero-order valence-corrected chi connectivity index (χ0v) is 12.3. The average molecular weight is 262 g/mol. The van der Waals surface area contributed by atoms with Gasteiger partial charge in [-0.05, 0) is 40.2 Å². The highest BCUT2D eigenvalue weighted by Gasteiger charge is 2.17. The molecule has 104 valence electrons. The Morgan fingerprint density at radius 3 is 2.42 bits per heavy atom. The quantitative estimate of drug-likeness (QED) is 0.872. The molecule has 0 fully saturated rings. The fourth-order valence-electron chi connectivity index (χ4n) is 2.01. The van der Waals surface area contributed by atoms with Crippen molar-refractivity contribution < 1.29 is 4.79 Å². The Morgan fingerprint density at radius 2 is 2.00 bits per heavy atom. The van der Waals surface area contributed by atoms with Crippen LogP contribution in [0.15, 0.2) is 0 Å². The molecular formula is C14H22N4O. The number of rotatable bonds is 3. The predicted molar refractivity (Wildman–Crippen MR) is 75.5 cm³/mol. The lowest BCUT2D eigenvalue weighted by atomic mass is 10.1. The van der Waals surface area contributed by atoms with Crippen LogP contribution in [0.4, 0.5) is 5.82 Å². The van der Waals surface area contributed by atoms with Crippen LogP contribution in [-0.2, 0) is 11.3 Å². The smallest absolute Gasteiger partial charge is 0.222 e. The first-order valence-corrected chi connectivity index (χ1v) is 6.33. The van der Waals surface area contributed by atoms with E-state index < -0.39 is 0 Å². The van der Waals surface area contributed by atoms with E-state index in [2.05, 4.69) is 11.4 Å². The molecule has 1 heterocycles. The van der Waals surface area contributed by atoms with Gasteiger partial charge in [-0.2, -0.15) is 5.26 Å². The summed E-state index contributed by atoms with van der Waals surface area (Å²) in [5.74, 6) is 0.428. The normalized spacial score (nSPS) is 11.2. The maximum Gasteiger partial charge on any atom is 0.222 e. The fourth-order valence-corrected chi connectivity index (χ4v) is 2.01. The second-order valence-corrected chi connectivity index (χ2v) is 5.78. The first-order chi connectivity index (χ1) is 8.67. The minimum absolute atomic E-state index is 0.0174. The summed E-state index contributed by atoms with van der Waals surface area (Å²) in [5, 5.41) is 12.0. The molecule has 0 spiro atoms. The summed E-state index contributed by atoms with van der Waals surface area (Å²) in [7, 11) is 0. The van der Waals surface area contributed by atoms with E-state index >= 15 is 0 Å². The van der Waals surface area contributed by atoms with Crippen LogP contribution in [0.2, 0.25) is 0 Å². The number of nitrogens with zero attached hydrogens (tertiary/aromatic N) is 2. The standard InChI is InChI=1S/C14H22N4O/c1-9-10(2)18(13(16)11(9)8-15)7-6-12(19)17-14(3,4)5/h6-7,16H2,1-5H3,(H,17,19). The maximum absolute atomic E-state index is 11.8. The monoisotopic (exact) mass is 262 g/mol. The van der Waals surface area contributed by atoms with E-state index in [-0.39, 0.29) is 11.4 Å². The van der Waals surface area contributed by atoms with Gasteiger partial charge in [-0.25, -0.2) is 0 Å². The van der Waals surface area contributed by atoms with Gasteiger partial charge in [0.25, 0.3) is 0 Å². The van der Waals surface area contributed by atoms with E-state index in [1.165, 1.54) is 0 Å². The zero-order valence-electron chi connectivity index (χ0n) is 12.3. The van der Waals surface area contributed by atoms with E-state index in [4.69, 9.17) is 11.0 Å². The molecule has 0 unspecified atom stereocenters. The van der Waals surface area contributed by atoms with Crippen molar-refractivity contribution in [3.05, 3.63) is 16.8 Å². The molecule has 5 nitrogen and oxygen atoms in total. The van der Waals surface area contributed by atoms with Gasteiger partial charge in [0.1, 0.15) is 11.9 Å². The lowest BCUT2D eigenvalue weighted by Crippen LogP contribution is -2.40. The maximum atomic E-state index is 11.8. The molecular weight excluding hydrogens is 240 g/mol. The Morgan fingerprint density at radius 1 is 1.42 bits per heavy atom. The molecule has 0 bridgehead atoms. The van der Waals surface area contributed by atoms with Crippen molar-refractivity contribution in [2.45, 2.75) is 53.1 Å². The molecule has 0 saturated heterocycles. The van der Waals surface area contributed by atoms with Gasteiger partial charge in [0, 0.05) is 24.2 Å². The summed E-state index contributed by atoms with van der Waals surface area (Å²) in [6.07, 6.45) is 0.349. The van der Waals surface area contributed by atoms with Gasteiger partial charge in [0.15, 0.2) is 0 Å². The SMILES string of the molecule is Cc1c(C#N)c(N)n(CCC(=O)NC(C)(C)C)c1C. The van der Waals surface area contributed by atoms with Gasteiger partial charge in [-0.1, -0.05) is 0 Å². The van der Waals surface area contributed by atoms with Gasteiger partial charge in [0.2, 0.25) is 5.91 Å². The molecule has 3 N–H and O–H groups in total. The molecule has 0 saturated carbocycles. The molecule has 0 atom stereocenters. The van der Waals surface area contributed by atoms with Crippen LogP contribution in [0.5, 0.6) is 0 Å². The van der Waals surface area contributed by atoms with Crippen molar-refractivity contribution in [3.8, 4) is 6.07 Å². The van der Waals surface area contributed by atoms with Crippen molar-refractivity contribution in [1.29, 1.82) is 5.26 Å². The third kappa shape index (κ3) is 3.50. The van der Waals surface area contributed by atoms with E-state index in [9.17, 15) is 4.79 Å². The molecule has 1 aromatic rings. The summed E-state index contributed by atoms with van der Waals surface area (Å²) >= 11 is 0. The van der Waals surface area contributed by atoms with Gasteiger partial charge < -0.3 is 15.6 Å². The van der Waals surface area contributed by atoms with E-state index in [1.807, 2.05) is 39.2 Å². The van der Waals surface area contributed by atoms with Crippen LogP contribution in [0.25, 0.3) is 0 Å². The van der Waals surface area contributed by atoms with E-state index in [0.717, 1.165) is 11.3 Å². The number of nitrogens with two attached hydrogens (primary N) is 1. The third-order valence-corrected chi connectivity index (χ3v) is 3.06. The van der Waals surface area contributed by atoms with Crippen molar-refractivity contribution >= 4 is 11.7 Å². The second-order valence-electron chi connectivity index (χ2n) is 5.78. The minimum Gasteiger partial charge on any atom is -0.384 e. The lowest BCUT2D eigenvalue weighted by molar-refractivity contribution is -0.122. The lowest BCUT2D eigenvalue weighted by Gasteiger charge is -2.20. The summed E-state index contributed by atoms with van der Waals surface area (Å²) in [5.41, 5.74) is 8.04. The highest BCUT2D eigenvalue weighted by atomic mass is 16.1. The van der Waals surface area contributed by atoms with Crippen LogP contribution in [0.1, 0.15) is 44.0 Å². The number of carbonyl (C=O) groups is 1. The fraction of sp³-hybridized carbons (Fsp3) is 0.571. The average Bonchev–Trinajstić information content (AvgIpc) is 2.46. The number of nitriles is 1. The predicted octanol–water partition coefficient (Wildman–Crippen LogP) is 1.86. The van der Waals surface area contributed by atoms with Crippen molar-refractivity contribution in [1.82, 2.24) is 9.88 Å². The number of hydrogen-bond acceptors (Lipinski definition) is 3. The summed E-state index contributed by atoms with van der Waals surface area (Å²) < 4.78 is 1.83. The highest BCUT2D eigenvalue weighted by molar-refractivity contribution is 5.76. The number of nitrogens with one attached hydrogen (secondary N) is 1. The zero-order chi connectivity index (χ0) is 14.8. The molecule has 1 rings (SSSR count). The molecule has 0 aromatic carbocycles. The van der Waals surface area contributed by atoms with Gasteiger partial charge >= 0.3 is 0 Å². The number of nitrogen functional groups attached to an aromatic ring is 1. The van der Waals surface area contributed by atoms with E-state index in [1.54, 1.807) is 0 Å². The second kappa shape index (κ2) is 5.35. The first kappa shape index (κ1) is 15.1. The van der Waals surface area contributed by atoms with Crippen LogP contribution in [0.3, 0.4) is 0 Å². The van der Waals surface area contributed by atoms with Crippen molar-refractivity contribution in [2.24, 2.45) is 0 Å². The Balaban J connectivity index is 2.80. The largest absolute Gasteiger partial charge is 0.384 e. The minimum atomic E-state index is -0.234. The topological polar surface area (TPSA) is 83.8 Å². The van der Waals surface area contributed by atoms with Crippen molar-refractivity contribution in [3.63, 3.8) is 0 Å². The molecule has 0 aliphatic heterocycles. The van der Waals surface area contributed by atoms with Crippen LogP contribution in [-0.4, -0.2) is 16.0 Å². The molecule has 0 aliphatic rings. The Bertz CT molecular complexity index is 529. The van der Waals surface area contributed by atoms with Crippen LogP contribution >= 0.6 is 0 Å². The third-order valence-electron chi connectivity index (χ3n) is 3.06. The number of aromatic nitrogens is 1. The highest BCUT2D eigenvalue weighted by Crippen LogP contribution is 2.23. The van der Waals surface area contributed by atoms with Gasteiger partial charge in [0.05, 0.1) is 5.56 Å². The summed E-state index contributed by atoms with van der Waals surface area (Å²) in [6.45, 7) is 10.1. The molecule has 5 heteroatoms. The summed E-state index contributed by atoms with van der Waals surface area (Å²) in [4.78, 5) is 11.8. The Kier molecular flexibility index (Phi) is 4.25. The van der Waals surface area contributed by atoms with Crippen molar-refractivity contribution in [2.75, 3.05) is 5.73 Å². The Labute approximate surface area is 114 Å².